The summed E-state index contributed by atoms with van der Waals surface area (Å²) in [6, 6.07) is 9.11. The Morgan fingerprint density at radius 1 is 1.21 bits per heavy atom. The molecule has 1 heterocycles. The summed E-state index contributed by atoms with van der Waals surface area (Å²) >= 11 is 1.84. The van der Waals surface area contributed by atoms with E-state index in [4.69, 9.17) is 5.84 Å². The molecule has 0 spiro atoms. The fourth-order valence-electron chi connectivity index (χ4n) is 3.33. The molecule has 1 aliphatic rings. The zero-order valence-corrected chi connectivity index (χ0v) is 12.1. The third-order valence-corrected chi connectivity index (χ3v) is 5.45. The Bertz CT molecular complexity index is 528. The van der Waals surface area contributed by atoms with Crippen LogP contribution < -0.4 is 11.3 Å². The highest BCUT2D eigenvalue weighted by Gasteiger charge is 2.23. The molecule has 0 radical (unpaired) electrons. The maximum atomic E-state index is 5.82. The molecule has 2 nitrogen and oxygen atoms in total. The molecule has 0 bridgehead atoms. The van der Waals surface area contributed by atoms with Crippen LogP contribution in [0.25, 0.3) is 10.1 Å². The Morgan fingerprint density at radius 2 is 2.00 bits per heavy atom. The normalized spacial score (nSPS) is 18.8. The van der Waals surface area contributed by atoms with Gasteiger partial charge in [-0.25, -0.2) is 0 Å². The summed E-state index contributed by atoms with van der Waals surface area (Å²) in [4.78, 5) is 0. The Labute approximate surface area is 119 Å². The number of benzene rings is 1. The molecule has 1 aliphatic carbocycles. The Balaban J connectivity index is 1.78. The van der Waals surface area contributed by atoms with Crippen LogP contribution in [-0.2, 0) is 6.42 Å². The molecule has 3 rings (SSSR count). The molecule has 3 N–H and O–H groups in total. The van der Waals surface area contributed by atoms with Gasteiger partial charge in [-0.15, -0.1) is 11.3 Å². The lowest BCUT2D eigenvalue weighted by Gasteiger charge is -2.29. The number of hydrogen-bond donors (Lipinski definition) is 2. The zero-order valence-electron chi connectivity index (χ0n) is 11.3. The van der Waals surface area contributed by atoms with Crippen molar-refractivity contribution in [3.63, 3.8) is 0 Å². The van der Waals surface area contributed by atoms with Crippen molar-refractivity contribution in [3.8, 4) is 0 Å². The first-order chi connectivity index (χ1) is 9.38. The van der Waals surface area contributed by atoms with Crippen LogP contribution in [-0.4, -0.2) is 6.04 Å². The van der Waals surface area contributed by atoms with Crippen LogP contribution in [0, 0.1) is 5.92 Å². The van der Waals surface area contributed by atoms with E-state index >= 15 is 0 Å². The summed E-state index contributed by atoms with van der Waals surface area (Å²) < 4.78 is 1.39. The van der Waals surface area contributed by atoms with Crippen molar-refractivity contribution < 1.29 is 0 Å². The van der Waals surface area contributed by atoms with E-state index in [1.165, 1.54) is 47.8 Å². The molecule has 102 valence electrons. The second-order valence-corrected chi connectivity index (χ2v) is 6.54. The highest BCUT2D eigenvalue weighted by Crippen LogP contribution is 2.31. The summed E-state index contributed by atoms with van der Waals surface area (Å²) in [6.07, 6.45) is 7.86. The second kappa shape index (κ2) is 6.04. The summed E-state index contributed by atoms with van der Waals surface area (Å²) in [5, 5.41) is 3.71. The Hall–Kier alpha value is -0.900. The number of thiophene rings is 1. The molecular formula is C16H22N2S. The largest absolute Gasteiger partial charge is 0.271 e. The lowest BCUT2D eigenvalue weighted by molar-refractivity contribution is 0.269. The van der Waals surface area contributed by atoms with Gasteiger partial charge in [0.1, 0.15) is 0 Å². The van der Waals surface area contributed by atoms with E-state index in [-0.39, 0.29) is 0 Å². The van der Waals surface area contributed by atoms with Gasteiger partial charge in [0.25, 0.3) is 0 Å². The van der Waals surface area contributed by atoms with Gasteiger partial charge in [0.2, 0.25) is 0 Å². The minimum atomic E-state index is 0.429. The van der Waals surface area contributed by atoms with Gasteiger partial charge in [0.15, 0.2) is 0 Å². The van der Waals surface area contributed by atoms with E-state index in [1.807, 2.05) is 11.3 Å². The number of nitrogens with two attached hydrogens (primary N) is 1. The van der Waals surface area contributed by atoms with Gasteiger partial charge in [-0.3, -0.25) is 11.3 Å². The van der Waals surface area contributed by atoms with Crippen LogP contribution in [0.1, 0.15) is 37.7 Å². The number of nitrogens with one attached hydrogen (secondary N) is 1. The average molecular weight is 274 g/mol. The molecule has 1 aromatic heterocycles. The van der Waals surface area contributed by atoms with E-state index in [9.17, 15) is 0 Å². The van der Waals surface area contributed by atoms with Crippen LogP contribution in [0.2, 0.25) is 0 Å². The number of fused-ring (bicyclic) bond motifs is 1. The van der Waals surface area contributed by atoms with E-state index in [0.29, 0.717) is 6.04 Å². The highest BCUT2D eigenvalue weighted by atomic mass is 32.1. The third kappa shape index (κ3) is 2.83. The van der Waals surface area contributed by atoms with Crippen molar-refractivity contribution in [3.05, 3.63) is 35.2 Å². The van der Waals surface area contributed by atoms with Gasteiger partial charge in [0.05, 0.1) is 0 Å². The van der Waals surface area contributed by atoms with Gasteiger partial charge >= 0.3 is 0 Å². The monoisotopic (exact) mass is 274 g/mol. The van der Waals surface area contributed by atoms with Crippen molar-refractivity contribution in [2.75, 3.05) is 0 Å². The molecule has 1 saturated carbocycles. The molecule has 1 atom stereocenters. The topological polar surface area (TPSA) is 38.0 Å². The molecule has 1 aromatic carbocycles. The predicted octanol–water partition coefficient (Wildman–Crippen LogP) is 3.86. The minimum Gasteiger partial charge on any atom is -0.271 e. The summed E-state index contributed by atoms with van der Waals surface area (Å²) in [7, 11) is 0. The summed E-state index contributed by atoms with van der Waals surface area (Å²) in [5.41, 5.74) is 4.53. The Morgan fingerprint density at radius 3 is 2.79 bits per heavy atom. The molecule has 3 heteroatoms. The van der Waals surface area contributed by atoms with Crippen molar-refractivity contribution in [1.82, 2.24) is 5.43 Å². The zero-order chi connectivity index (χ0) is 13.1. The van der Waals surface area contributed by atoms with Gasteiger partial charge in [0, 0.05) is 10.7 Å². The SMILES string of the molecule is NNC(Cc1csc2ccccc12)C1CCCCC1. The summed E-state index contributed by atoms with van der Waals surface area (Å²) in [5.74, 6) is 6.57. The summed E-state index contributed by atoms with van der Waals surface area (Å²) in [6.45, 7) is 0. The van der Waals surface area contributed by atoms with E-state index < -0.39 is 0 Å². The van der Waals surface area contributed by atoms with Crippen LogP contribution in [0.5, 0.6) is 0 Å². The lowest BCUT2D eigenvalue weighted by Crippen LogP contribution is -2.43. The molecule has 19 heavy (non-hydrogen) atoms. The number of hydrogen-bond acceptors (Lipinski definition) is 3. The van der Waals surface area contributed by atoms with Crippen molar-refractivity contribution in [1.29, 1.82) is 0 Å². The van der Waals surface area contributed by atoms with Crippen LogP contribution in [0.4, 0.5) is 0 Å². The highest BCUT2D eigenvalue weighted by molar-refractivity contribution is 7.17. The van der Waals surface area contributed by atoms with Crippen molar-refractivity contribution in [2.45, 2.75) is 44.6 Å². The van der Waals surface area contributed by atoms with Crippen molar-refractivity contribution in [2.24, 2.45) is 11.8 Å². The Kier molecular flexibility index (Phi) is 4.16. The van der Waals surface area contributed by atoms with Gasteiger partial charge in [-0.2, -0.15) is 0 Å². The van der Waals surface area contributed by atoms with Gasteiger partial charge in [-0.1, -0.05) is 37.5 Å². The first-order valence-electron chi connectivity index (χ1n) is 7.29. The number of rotatable bonds is 4. The predicted molar refractivity (Wildman–Crippen MR) is 83.2 cm³/mol. The van der Waals surface area contributed by atoms with Crippen LogP contribution in [0.3, 0.4) is 0 Å². The fourth-order valence-corrected chi connectivity index (χ4v) is 4.30. The number of hydrazine groups is 1. The molecule has 0 aliphatic heterocycles. The molecule has 2 aromatic rings. The standard InChI is InChI=1S/C16H22N2S/c17-18-15(12-6-2-1-3-7-12)10-13-11-19-16-9-5-4-8-14(13)16/h4-5,8-9,11-12,15,18H,1-3,6-7,10,17H2. The van der Waals surface area contributed by atoms with Crippen LogP contribution in [0.15, 0.2) is 29.6 Å². The molecule has 0 saturated heterocycles. The van der Waals surface area contributed by atoms with Crippen LogP contribution >= 0.6 is 11.3 Å². The third-order valence-electron chi connectivity index (χ3n) is 4.43. The molecule has 1 unspecified atom stereocenters. The van der Waals surface area contributed by atoms with Gasteiger partial charge in [-0.05, 0) is 47.6 Å². The van der Waals surface area contributed by atoms with Gasteiger partial charge < -0.3 is 0 Å². The first kappa shape index (κ1) is 13.1. The first-order valence-corrected chi connectivity index (χ1v) is 8.17. The van der Waals surface area contributed by atoms with E-state index in [0.717, 1.165) is 12.3 Å². The molecule has 1 fully saturated rings. The molecular weight excluding hydrogens is 252 g/mol. The van der Waals surface area contributed by atoms with E-state index in [2.05, 4.69) is 35.1 Å². The average Bonchev–Trinajstić information content (AvgIpc) is 2.89. The quantitative estimate of drug-likeness (QED) is 0.656. The fraction of sp³-hybridized carbons (Fsp3) is 0.500. The second-order valence-electron chi connectivity index (χ2n) is 5.63. The maximum absolute atomic E-state index is 5.82. The maximum Gasteiger partial charge on any atom is 0.0345 e. The lowest BCUT2D eigenvalue weighted by atomic mass is 9.82. The van der Waals surface area contributed by atoms with Crippen molar-refractivity contribution >= 4 is 21.4 Å². The minimum absolute atomic E-state index is 0.429. The smallest absolute Gasteiger partial charge is 0.0345 e. The molecule has 0 amide bonds. The van der Waals surface area contributed by atoms with E-state index in [1.54, 1.807) is 0 Å².